The van der Waals surface area contributed by atoms with E-state index in [1.165, 1.54) is 0 Å². The normalized spacial score (nSPS) is 27.7. The van der Waals surface area contributed by atoms with Gasteiger partial charge in [0.2, 0.25) is 0 Å². The van der Waals surface area contributed by atoms with Gasteiger partial charge in [0.05, 0.1) is 5.41 Å². The molecule has 1 aliphatic carbocycles. The number of ether oxygens (including phenoxy) is 1. The molecule has 2 atom stereocenters. The standard InChI is InChI=1S/C15H26N2O4/c1-2-21-9-4-3-8-16-14(20)17-10-12-6-5-7-15(12,11-17)13(18)19/h12H,2-11H2,1H3,(H,16,20)(H,18,19)/t12-,15+/m0/s1. The van der Waals surface area contributed by atoms with Gasteiger partial charge in [-0.25, -0.2) is 4.79 Å². The van der Waals surface area contributed by atoms with Crippen LogP contribution in [0.2, 0.25) is 0 Å². The molecule has 6 nitrogen and oxygen atoms in total. The molecule has 1 aliphatic heterocycles. The molecule has 120 valence electrons. The molecule has 0 aromatic rings. The smallest absolute Gasteiger partial charge is 0.317 e. The average Bonchev–Trinajstić information content (AvgIpc) is 3.00. The molecule has 1 saturated heterocycles. The van der Waals surface area contributed by atoms with E-state index in [0.717, 1.165) is 38.9 Å². The van der Waals surface area contributed by atoms with Gasteiger partial charge < -0.3 is 20.1 Å². The second kappa shape index (κ2) is 7.11. The summed E-state index contributed by atoms with van der Waals surface area (Å²) in [5.41, 5.74) is -0.688. The average molecular weight is 298 g/mol. The number of likely N-dealkylation sites (tertiary alicyclic amines) is 1. The van der Waals surface area contributed by atoms with Gasteiger partial charge in [0.25, 0.3) is 0 Å². The van der Waals surface area contributed by atoms with Crippen molar-refractivity contribution in [3.63, 3.8) is 0 Å². The molecule has 2 rings (SSSR count). The number of amides is 2. The van der Waals surface area contributed by atoms with E-state index >= 15 is 0 Å². The Morgan fingerprint density at radius 1 is 1.43 bits per heavy atom. The summed E-state index contributed by atoms with van der Waals surface area (Å²) in [6.07, 6.45) is 4.39. The van der Waals surface area contributed by atoms with Gasteiger partial charge in [-0.1, -0.05) is 6.42 Å². The van der Waals surface area contributed by atoms with Crippen LogP contribution in [-0.2, 0) is 9.53 Å². The highest BCUT2D eigenvalue weighted by Crippen LogP contribution is 2.48. The molecule has 1 heterocycles. The van der Waals surface area contributed by atoms with Gasteiger partial charge in [0.1, 0.15) is 0 Å². The highest BCUT2D eigenvalue weighted by Gasteiger charge is 2.55. The monoisotopic (exact) mass is 298 g/mol. The van der Waals surface area contributed by atoms with Crippen molar-refractivity contribution < 1.29 is 19.4 Å². The lowest BCUT2D eigenvalue weighted by atomic mass is 9.81. The van der Waals surface area contributed by atoms with Crippen molar-refractivity contribution in [2.45, 2.75) is 39.0 Å². The van der Waals surface area contributed by atoms with Crippen molar-refractivity contribution in [1.29, 1.82) is 0 Å². The minimum atomic E-state index is -0.739. The van der Waals surface area contributed by atoms with Gasteiger partial charge in [0.15, 0.2) is 0 Å². The molecule has 0 radical (unpaired) electrons. The van der Waals surface area contributed by atoms with E-state index in [9.17, 15) is 14.7 Å². The number of aliphatic carboxylic acids is 1. The lowest BCUT2D eigenvalue weighted by Gasteiger charge is -2.23. The fraction of sp³-hybridized carbons (Fsp3) is 0.867. The zero-order chi connectivity index (χ0) is 15.3. The fourth-order valence-corrected chi connectivity index (χ4v) is 3.57. The Morgan fingerprint density at radius 3 is 2.90 bits per heavy atom. The van der Waals surface area contributed by atoms with Crippen LogP contribution in [0.4, 0.5) is 4.79 Å². The highest BCUT2D eigenvalue weighted by atomic mass is 16.5. The third-order valence-electron chi connectivity index (χ3n) is 4.78. The van der Waals surface area contributed by atoms with Gasteiger partial charge in [-0.2, -0.15) is 0 Å². The van der Waals surface area contributed by atoms with E-state index in [2.05, 4.69) is 5.32 Å². The number of carboxylic acid groups (broad SMARTS) is 1. The zero-order valence-electron chi connectivity index (χ0n) is 12.8. The lowest BCUT2D eigenvalue weighted by molar-refractivity contribution is -0.149. The Labute approximate surface area is 125 Å². The third-order valence-corrected chi connectivity index (χ3v) is 4.78. The molecule has 2 N–H and O–H groups in total. The minimum Gasteiger partial charge on any atom is -0.481 e. The van der Waals surface area contributed by atoms with E-state index in [0.29, 0.717) is 26.1 Å². The molecule has 0 spiro atoms. The van der Waals surface area contributed by atoms with Crippen LogP contribution < -0.4 is 5.32 Å². The number of carbonyl (C=O) groups excluding carboxylic acids is 1. The van der Waals surface area contributed by atoms with Crippen LogP contribution in [0.5, 0.6) is 0 Å². The first kappa shape index (κ1) is 16.1. The molecular weight excluding hydrogens is 272 g/mol. The van der Waals surface area contributed by atoms with E-state index in [1.54, 1.807) is 4.90 Å². The summed E-state index contributed by atoms with van der Waals surface area (Å²) in [6, 6.07) is -0.124. The van der Waals surface area contributed by atoms with Gasteiger partial charge in [-0.05, 0) is 38.5 Å². The molecular formula is C15H26N2O4. The maximum atomic E-state index is 12.1. The maximum Gasteiger partial charge on any atom is 0.317 e. The van der Waals surface area contributed by atoms with Crippen molar-refractivity contribution >= 4 is 12.0 Å². The van der Waals surface area contributed by atoms with Crippen LogP contribution in [0.1, 0.15) is 39.0 Å². The van der Waals surface area contributed by atoms with Crippen molar-refractivity contribution in [2.75, 3.05) is 32.8 Å². The fourth-order valence-electron chi connectivity index (χ4n) is 3.57. The van der Waals surface area contributed by atoms with E-state index in [1.807, 2.05) is 6.92 Å². The summed E-state index contributed by atoms with van der Waals surface area (Å²) in [5.74, 6) is -0.615. The van der Waals surface area contributed by atoms with Crippen LogP contribution in [0.15, 0.2) is 0 Å². The van der Waals surface area contributed by atoms with E-state index in [4.69, 9.17) is 4.74 Å². The second-order valence-corrected chi connectivity index (χ2v) is 6.07. The Bertz CT molecular complexity index is 388. The largest absolute Gasteiger partial charge is 0.481 e. The number of fused-ring (bicyclic) bond motifs is 1. The Kier molecular flexibility index (Phi) is 5.45. The predicted molar refractivity (Wildman–Crippen MR) is 78.1 cm³/mol. The number of nitrogens with zero attached hydrogens (tertiary/aromatic N) is 1. The molecule has 6 heteroatoms. The summed E-state index contributed by atoms with van der Waals surface area (Å²) in [6.45, 7) is 4.96. The number of rotatable bonds is 7. The van der Waals surface area contributed by atoms with Crippen molar-refractivity contribution in [2.24, 2.45) is 11.3 Å². The number of nitrogens with one attached hydrogen (secondary N) is 1. The predicted octanol–water partition coefficient (Wildman–Crippen LogP) is 1.70. The molecule has 21 heavy (non-hydrogen) atoms. The number of carbonyl (C=O) groups is 2. The summed E-state index contributed by atoms with van der Waals surface area (Å²) in [5, 5.41) is 12.4. The van der Waals surface area contributed by atoms with Gasteiger partial charge >= 0.3 is 12.0 Å². The quantitative estimate of drug-likeness (QED) is 0.701. The molecule has 0 aromatic carbocycles. The first-order chi connectivity index (χ1) is 10.1. The number of unbranched alkanes of at least 4 members (excludes halogenated alkanes) is 1. The summed E-state index contributed by atoms with van der Waals surface area (Å²) < 4.78 is 5.24. The minimum absolute atomic E-state index is 0.124. The van der Waals surface area contributed by atoms with Gasteiger partial charge in [0, 0.05) is 32.8 Å². The van der Waals surface area contributed by atoms with Crippen LogP contribution in [0, 0.1) is 11.3 Å². The van der Waals surface area contributed by atoms with Crippen molar-refractivity contribution in [3.05, 3.63) is 0 Å². The molecule has 2 aliphatic rings. The summed E-state index contributed by atoms with van der Waals surface area (Å²) in [4.78, 5) is 25.4. The zero-order valence-corrected chi connectivity index (χ0v) is 12.8. The number of urea groups is 1. The second-order valence-electron chi connectivity index (χ2n) is 6.07. The summed E-state index contributed by atoms with van der Waals surface area (Å²) >= 11 is 0. The number of hydrogen-bond acceptors (Lipinski definition) is 3. The van der Waals surface area contributed by atoms with Crippen LogP contribution >= 0.6 is 0 Å². The Morgan fingerprint density at radius 2 is 2.24 bits per heavy atom. The van der Waals surface area contributed by atoms with E-state index < -0.39 is 11.4 Å². The molecule has 2 amide bonds. The van der Waals surface area contributed by atoms with E-state index in [-0.39, 0.29) is 11.9 Å². The third kappa shape index (κ3) is 3.48. The van der Waals surface area contributed by atoms with Crippen molar-refractivity contribution in [1.82, 2.24) is 10.2 Å². The Balaban J connectivity index is 1.74. The van der Waals surface area contributed by atoms with Crippen LogP contribution in [-0.4, -0.2) is 54.9 Å². The lowest BCUT2D eigenvalue weighted by Crippen LogP contribution is -2.42. The summed E-state index contributed by atoms with van der Waals surface area (Å²) in [7, 11) is 0. The molecule has 2 fully saturated rings. The van der Waals surface area contributed by atoms with Crippen LogP contribution in [0.3, 0.4) is 0 Å². The first-order valence-corrected chi connectivity index (χ1v) is 7.94. The molecule has 0 aromatic heterocycles. The first-order valence-electron chi connectivity index (χ1n) is 7.94. The highest BCUT2D eigenvalue weighted by molar-refractivity contribution is 5.80. The maximum absolute atomic E-state index is 12.1. The van der Waals surface area contributed by atoms with Gasteiger partial charge in [-0.3, -0.25) is 4.79 Å². The van der Waals surface area contributed by atoms with Crippen LogP contribution in [0.25, 0.3) is 0 Å². The topological polar surface area (TPSA) is 78.9 Å². The molecule has 0 unspecified atom stereocenters. The van der Waals surface area contributed by atoms with Gasteiger partial charge in [-0.15, -0.1) is 0 Å². The number of carboxylic acids is 1. The molecule has 0 bridgehead atoms. The number of hydrogen-bond donors (Lipinski definition) is 2. The SMILES string of the molecule is CCOCCCCNC(=O)N1C[C@@H]2CCC[C@@]2(C(=O)O)C1. The molecule has 1 saturated carbocycles. The Hall–Kier alpha value is -1.30. The van der Waals surface area contributed by atoms with Crippen molar-refractivity contribution in [3.8, 4) is 0 Å².